The molecule has 0 radical (unpaired) electrons. The van der Waals surface area contributed by atoms with E-state index in [1.54, 1.807) is 6.07 Å². The Morgan fingerprint density at radius 1 is 0.679 bits per heavy atom. The number of aromatic amines is 1. The van der Waals surface area contributed by atoms with E-state index >= 15 is 0 Å². The fourth-order valence-electron chi connectivity index (χ4n) is 3.05. The van der Waals surface area contributed by atoms with Gasteiger partial charge in [0.25, 0.3) is 5.56 Å². The molecule has 0 amide bonds. The summed E-state index contributed by atoms with van der Waals surface area (Å²) in [6.07, 6.45) is 0. The molecule has 0 saturated heterocycles. The minimum atomic E-state index is -0.158. The molecule has 134 valence electrons. The molecule has 0 bridgehead atoms. The zero-order chi connectivity index (χ0) is 18.9. The standard InChI is InChI=1S/C22H14N4OS/c27-20-15-10-4-6-12-17(15)24-22(26-20)28-21-16-11-5-7-13-18(16)23-19(25-21)14-8-2-1-3-9-14/h1-13H,(H,24,26,27). The Morgan fingerprint density at radius 3 is 2.11 bits per heavy atom. The maximum atomic E-state index is 12.4. The Balaban J connectivity index is 1.67. The summed E-state index contributed by atoms with van der Waals surface area (Å²) in [5.41, 5.74) is 2.29. The van der Waals surface area contributed by atoms with Gasteiger partial charge in [0.05, 0.1) is 16.4 Å². The van der Waals surface area contributed by atoms with Crippen LogP contribution in [0.3, 0.4) is 0 Å². The largest absolute Gasteiger partial charge is 0.301 e. The van der Waals surface area contributed by atoms with E-state index in [0.717, 1.165) is 21.5 Å². The molecule has 2 aromatic heterocycles. The van der Waals surface area contributed by atoms with Crippen LogP contribution in [0.1, 0.15) is 0 Å². The zero-order valence-electron chi connectivity index (χ0n) is 14.7. The van der Waals surface area contributed by atoms with Gasteiger partial charge in [0.2, 0.25) is 0 Å². The lowest BCUT2D eigenvalue weighted by molar-refractivity contribution is 0.968. The van der Waals surface area contributed by atoms with Crippen molar-refractivity contribution in [3.8, 4) is 11.4 Å². The van der Waals surface area contributed by atoms with Crippen LogP contribution in [0.25, 0.3) is 33.2 Å². The van der Waals surface area contributed by atoms with E-state index in [1.165, 1.54) is 11.8 Å². The summed E-state index contributed by atoms with van der Waals surface area (Å²) in [5.74, 6) is 0.643. The van der Waals surface area contributed by atoms with Crippen molar-refractivity contribution >= 4 is 33.6 Å². The fourth-order valence-corrected chi connectivity index (χ4v) is 3.93. The van der Waals surface area contributed by atoms with Crippen LogP contribution in [0, 0.1) is 0 Å². The molecule has 0 aliphatic rings. The van der Waals surface area contributed by atoms with Gasteiger partial charge < -0.3 is 4.98 Å². The lowest BCUT2D eigenvalue weighted by Gasteiger charge is -2.08. The van der Waals surface area contributed by atoms with Crippen LogP contribution in [0.2, 0.25) is 0 Å². The number of fused-ring (bicyclic) bond motifs is 2. The third kappa shape index (κ3) is 3.04. The van der Waals surface area contributed by atoms with Crippen molar-refractivity contribution in [3.63, 3.8) is 0 Å². The van der Waals surface area contributed by atoms with Crippen molar-refractivity contribution in [2.24, 2.45) is 0 Å². The van der Waals surface area contributed by atoms with E-state index in [2.05, 4.69) is 9.97 Å². The lowest BCUT2D eigenvalue weighted by Crippen LogP contribution is -2.09. The molecule has 3 aromatic carbocycles. The van der Waals surface area contributed by atoms with Gasteiger partial charge in [-0.25, -0.2) is 15.0 Å². The molecule has 5 rings (SSSR count). The molecule has 28 heavy (non-hydrogen) atoms. The number of H-pyrrole nitrogens is 1. The van der Waals surface area contributed by atoms with E-state index in [-0.39, 0.29) is 5.56 Å². The van der Waals surface area contributed by atoms with Crippen molar-refractivity contribution < 1.29 is 0 Å². The Hall–Kier alpha value is -3.51. The topological polar surface area (TPSA) is 71.5 Å². The normalized spacial score (nSPS) is 11.1. The second-order valence-corrected chi connectivity index (χ2v) is 7.20. The molecule has 0 spiro atoms. The van der Waals surface area contributed by atoms with Gasteiger partial charge in [-0.05, 0) is 30.0 Å². The average Bonchev–Trinajstić information content (AvgIpc) is 2.74. The number of benzene rings is 3. The summed E-state index contributed by atoms with van der Waals surface area (Å²) in [6, 6.07) is 25.0. The highest BCUT2D eigenvalue weighted by Crippen LogP contribution is 2.31. The fraction of sp³-hybridized carbons (Fsp3) is 0. The van der Waals surface area contributed by atoms with E-state index in [0.29, 0.717) is 21.9 Å². The van der Waals surface area contributed by atoms with Crippen LogP contribution >= 0.6 is 11.8 Å². The quantitative estimate of drug-likeness (QED) is 0.362. The molecular weight excluding hydrogens is 368 g/mol. The molecule has 0 atom stereocenters. The maximum Gasteiger partial charge on any atom is 0.259 e. The Bertz CT molecular complexity index is 1370. The van der Waals surface area contributed by atoms with Gasteiger partial charge in [-0.15, -0.1) is 0 Å². The Kier molecular flexibility index (Phi) is 4.10. The average molecular weight is 382 g/mol. The summed E-state index contributed by atoms with van der Waals surface area (Å²) in [6.45, 7) is 0. The molecular formula is C22H14N4OS. The number of rotatable bonds is 3. The van der Waals surface area contributed by atoms with Crippen LogP contribution in [-0.4, -0.2) is 19.9 Å². The molecule has 0 aliphatic heterocycles. The van der Waals surface area contributed by atoms with Gasteiger partial charge in [0.1, 0.15) is 5.03 Å². The zero-order valence-corrected chi connectivity index (χ0v) is 15.5. The number of hydrogen-bond donors (Lipinski definition) is 1. The van der Waals surface area contributed by atoms with Crippen LogP contribution in [-0.2, 0) is 0 Å². The van der Waals surface area contributed by atoms with Gasteiger partial charge in [0, 0.05) is 10.9 Å². The number of nitrogens with zero attached hydrogens (tertiary/aromatic N) is 3. The van der Waals surface area contributed by atoms with Crippen molar-refractivity contribution in [3.05, 3.63) is 89.2 Å². The van der Waals surface area contributed by atoms with Crippen molar-refractivity contribution in [2.45, 2.75) is 10.2 Å². The second kappa shape index (κ2) is 6.90. The SMILES string of the molecule is O=c1[nH]c(Sc2nc(-c3ccccc3)nc3ccccc23)nc2ccccc12. The molecule has 6 heteroatoms. The molecule has 0 unspecified atom stereocenters. The van der Waals surface area contributed by atoms with Gasteiger partial charge in [-0.1, -0.05) is 60.7 Å². The first-order chi connectivity index (χ1) is 13.8. The van der Waals surface area contributed by atoms with Crippen molar-refractivity contribution in [2.75, 3.05) is 0 Å². The first kappa shape index (κ1) is 16.6. The molecule has 0 saturated carbocycles. The minimum absolute atomic E-state index is 0.158. The Morgan fingerprint density at radius 2 is 1.32 bits per heavy atom. The van der Waals surface area contributed by atoms with Crippen molar-refractivity contribution in [1.29, 1.82) is 0 Å². The molecule has 1 N–H and O–H groups in total. The highest BCUT2D eigenvalue weighted by molar-refractivity contribution is 7.99. The number of nitrogens with one attached hydrogen (secondary N) is 1. The number of aromatic nitrogens is 4. The number of hydrogen-bond acceptors (Lipinski definition) is 5. The summed E-state index contributed by atoms with van der Waals surface area (Å²) in [5, 5.41) is 2.75. The van der Waals surface area contributed by atoms with Gasteiger partial charge >= 0.3 is 0 Å². The minimum Gasteiger partial charge on any atom is -0.301 e. The Labute approximate surface area is 164 Å². The third-order valence-corrected chi connectivity index (χ3v) is 5.28. The smallest absolute Gasteiger partial charge is 0.259 e. The molecule has 2 heterocycles. The monoisotopic (exact) mass is 382 g/mol. The van der Waals surface area contributed by atoms with Crippen molar-refractivity contribution in [1.82, 2.24) is 19.9 Å². The van der Waals surface area contributed by atoms with Gasteiger partial charge in [0.15, 0.2) is 11.0 Å². The van der Waals surface area contributed by atoms with E-state index in [4.69, 9.17) is 9.97 Å². The van der Waals surface area contributed by atoms with Gasteiger partial charge in [-0.2, -0.15) is 0 Å². The lowest BCUT2D eigenvalue weighted by atomic mass is 10.2. The van der Waals surface area contributed by atoms with Crippen LogP contribution in [0.5, 0.6) is 0 Å². The highest BCUT2D eigenvalue weighted by Gasteiger charge is 2.12. The van der Waals surface area contributed by atoms with E-state index in [9.17, 15) is 4.79 Å². The first-order valence-electron chi connectivity index (χ1n) is 8.77. The van der Waals surface area contributed by atoms with Crippen LogP contribution in [0.15, 0.2) is 93.8 Å². The van der Waals surface area contributed by atoms with Crippen LogP contribution in [0.4, 0.5) is 0 Å². The first-order valence-corrected chi connectivity index (χ1v) is 9.59. The molecule has 5 aromatic rings. The summed E-state index contributed by atoms with van der Waals surface area (Å²) in [7, 11) is 0. The van der Waals surface area contributed by atoms with Crippen LogP contribution < -0.4 is 5.56 Å². The third-order valence-electron chi connectivity index (χ3n) is 4.38. The molecule has 0 aliphatic carbocycles. The maximum absolute atomic E-state index is 12.4. The summed E-state index contributed by atoms with van der Waals surface area (Å²) in [4.78, 5) is 29.3. The highest BCUT2D eigenvalue weighted by atomic mass is 32.2. The number of para-hydroxylation sites is 2. The second-order valence-electron chi connectivity index (χ2n) is 6.23. The van der Waals surface area contributed by atoms with E-state index in [1.807, 2.05) is 72.8 Å². The predicted octanol–water partition coefficient (Wildman–Crippen LogP) is 4.68. The molecule has 5 nitrogen and oxygen atoms in total. The predicted molar refractivity (Wildman–Crippen MR) is 111 cm³/mol. The van der Waals surface area contributed by atoms with Gasteiger partial charge in [-0.3, -0.25) is 4.79 Å². The molecule has 0 fully saturated rings. The van der Waals surface area contributed by atoms with E-state index < -0.39 is 0 Å². The summed E-state index contributed by atoms with van der Waals surface area (Å²) >= 11 is 1.34. The summed E-state index contributed by atoms with van der Waals surface area (Å²) < 4.78 is 0.